The minimum Gasteiger partial charge on any atom is -0.497 e. The fourth-order valence-electron chi connectivity index (χ4n) is 2.85. The maximum absolute atomic E-state index is 13.1. The van der Waals surface area contributed by atoms with Crippen LogP contribution in [0.1, 0.15) is 10.6 Å². The molecule has 1 amide bonds. The van der Waals surface area contributed by atoms with Gasteiger partial charge in [-0.1, -0.05) is 23.7 Å². The van der Waals surface area contributed by atoms with Crippen molar-refractivity contribution in [3.63, 3.8) is 0 Å². The fraction of sp³-hybridized carbons (Fsp3) is 0.0455. The Balaban J connectivity index is 1.74. The summed E-state index contributed by atoms with van der Waals surface area (Å²) in [5.74, 6) is 0.199. The van der Waals surface area contributed by atoms with Crippen molar-refractivity contribution in [2.75, 3.05) is 12.4 Å². The second-order valence-electron chi connectivity index (χ2n) is 6.34. The number of aromatic nitrogens is 3. The van der Waals surface area contributed by atoms with E-state index in [1.54, 1.807) is 42.1 Å². The molecule has 0 atom stereocenters. The molecule has 0 radical (unpaired) electrons. The van der Waals surface area contributed by atoms with Crippen molar-refractivity contribution in [3.8, 4) is 22.8 Å². The highest BCUT2D eigenvalue weighted by molar-refractivity contribution is 6.30. The molecule has 4 aromatic rings. The molecule has 1 aromatic heterocycles. The van der Waals surface area contributed by atoms with E-state index in [0.29, 0.717) is 33.5 Å². The Kier molecular flexibility index (Phi) is 5.45. The van der Waals surface area contributed by atoms with Gasteiger partial charge in [-0.05, 0) is 60.7 Å². The van der Waals surface area contributed by atoms with Crippen LogP contribution in [0.2, 0.25) is 5.02 Å². The summed E-state index contributed by atoms with van der Waals surface area (Å²) >= 11 is 6.14. The van der Waals surface area contributed by atoms with Crippen LogP contribution in [0.4, 0.5) is 10.1 Å². The molecule has 0 unspecified atom stereocenters. The molecule has 3 aromatic carbocycles. The molecule has 0 bridgehead atoms. The quantitative estimate of drug-likeness (QED) is 0.492. The maximum atomic E-state index is 13.1. The third-order valence-corrected chi connectivity index (χ3v) is 4.55. The van der Waals surface area contributed by atoms with Gasteiger partial charge in [-0.15, -0.1) is 5.10 Å². The normalized spacial score (nSPS) is 10.6. The lowest BCUT2D eigenvalue weighted by Gasteiger charge is -2.07. The summed E-state index contributed by atoms with van der Waals surface area (Å²) in [5, 5.41) is 7.60. The SMILES string of the molecule is COc1ccc(-n2nc(C(=O)Nc3ccc(F)cc3)nc2-c2cccc(Cl)c2)cc1. The number of nitrogens with one attached hydrogen (secondary N) is 1. The van der Waals surface area contributed by atoms with Crippen LogP contribution in [-0.2, 0) is 0 Å². The molecule has 0 aliphatic rings. The number of hydrogen-bond acceptors (Lipinski definition) is 4. The Morgan fingerprint density at radius 2 is 1.80 bits per heavy atom. The zero-order valence-corrected chi connectivity index (χ0v) is 16.6. The molecule has 0 spiro atoms. The second-order valence-corrected chi connectivity index (χ2v) is 6.78. The molecule has 0 saturated heterocycles. The summed E-state index contributed by atoms with van der Waals surface area (Å²) in [6.45, 7) is 0. The van der Waals surface area contributed by atoms with Crippen molar-refractivity contribution in [1.29, 1.82) is 0 Å². The Labute approximate surface area is 176 Å². The molecule has 4 rings (SSSR count). The molecule has 30 heavy (non-hydrogen) atoms. The van der Waals surface area contributed by atoms with E-state index < -0.39 is 11.7 Å². The number of benzene rings is 3. The molecule has 8 heteroatoms. The summed E-state index contributed by atoms with van der Waals surface area (Å²) in [7, 11) is 1.58. The van der Waals surface area contributed by atoms with Gasteiger partial charge in [0.25, 0.3) is 5.91 Å². The molecule has 0 fully saturated rings. The number of rotatable bonds is 5. The first-order valence-corrected chi connectivity index (χ1v) is 9.35. The van der Waals surface area contributed by atoms with Crippen LogP contribution in [0.3, 0.4) is 0 Å². The predicted molar refractivity (Wildman–Crippen MR) is 113 cm³/mol. The van der Waals surface area contributed by atoms with Crippen molar-refractivity contribution in [2.24, 2.45) is 0 Å². The van der Waals surface area contributed by atoms with E-state index in [0.717, 1.165) is 0 Å². The number of carbonyl (C=O) groups is 1. The maximum Gasteiger partial charge on any atom is 0.295 e. The van der Waals surface area contributed by atoms with E-state index in [4.69, 9.17) is 16.3 Å². The van der Waals surface area contributed by atoms with Crippen LogP contribution < -0.4 is 10.1 Å². The fourth-order valence-corrected chi connectivity index (χ4v) is 3.04. The average Bonchev–Trinajstić information content (AvgIpc) is 3.21. The highest BCUT2D eigenvalue weighted by atomic mass is 35.5. The first-order chi connectivity index (χ1) is 14.5. The van der Waals surface area contributed by atoms with E-state index in [1.165, 1.54) is 24.3 Å². The lowest BCUT2D eigenvalue weighted by atomic mass is 10.2. The van der Waals surface area contributed by atoms with Crippen LogP contribution in [-0.4, -0.2) is 27.8 Å². The zero-order valence-electron chi connectivity index (χ0n) is 15.8. The van der Waals surface area contributed by atoms with Crippen LogP contribution in [0.25, 0.3) is 17.1 Å². The van der Waals surface area contributed by atoms with E-state index in [1.807, 2.05) is 18.2 Å². The topological polar surface area (TPSA) is 69.0 Å². The number of carbonyl (C=O) groups excluding carboxylic acids is 1. The van der Waals surface area contributed by atoms with Gasteiger partial charge in [0, 0.05) is 16.3 Å². The number of nitrogens with zero attached hydrogens (tertiary/aromatic N) is 3. The van der Waals surface area contributed by atoms with Gasteiger partial charge in [0.2, 0.25) is 5.82 Å². The summed E-state index contributed by atoms with van der Waals surface area (Å²) in [6, 6.07) is 19.8. The minimum atomic E-state index is -0.517. The van der Waals surface area contributed by atoms with Crippen molar-refractivity contribution >= 4 is 23.2 Å². The van der Waals surface area contributed by atoms with Crippen LogP contribution in [0.15, 0.2) is 72.8 Å². The Bertz CT molecular complexity index is 1190. The number of anilines is 1. The second kappa shape index (κ2) is 8.34. The van der Waals surface area contributed by atoms with Gasteiger partial charge >= 0.3 is 0 Å². The van der Waals surface area contributed by atoms with Gasteiger partial charge in [-0.3, -0.25) is 4.79 Å². The molecule has 0 aliphatic heterocycles. The highest BCUT2D eigenvalue weighted by Crippen LogP contribution is 2.25. The van der Waals surface area contributed by atoms with Crippen molar-refractivity contribution in [1.82, 2.24) is 14.8 Å². The summed E-state index contributed by atoms with van der Waals surface area (Å²) in [4.78, 5) is 17.1. The smallest absolute Gasteiger partial charge is 0.295 e. The Morgan fingerprint density at radius 1 is 1.07 bits per heavy atom. The zero-order chi connectivity index (χ0) is 21.1. The molecule has 1 N–H and O–H groups in total. The number of halogens is 2. The Hall–Kier alpha value is -3.71. The number of ether oxygens (including phenoxy) is 1. The van der Waals surface area contributed by atoms with Gasteiger partial charge < -0.3 is 10.1 Å². The number of amides is 1. The average molecular weight is 423 g/mol. The highest BCUT2D eigenvalue weighted by Gasteiger charge is 2.19. The third-order valence-electron chi connectivity index (χ3n) is 4.31. The molecule has 0 aliphatic carbocycles. The standard InChI is InChI=1S/C22H16ClFN4O2/c1-30-19-11-9-18(10-12-19)28-21(14-3-2-4-15(23)13-14)26-20(27-28)22(29)25-17-7-5-16(24)6-8-17/h2-13H,1H3,(H,25,29). The molecular formula is C22H16ClFN4O2. The summed E-state index contributed by atoms with van der Waals surface area (Å²) in [6.07, 6.45) is 0. The van der Waals surface area contributed by atoms with Gasteiger partial charge in [0.05, 0.1) is 12.8 Å². The first-order valence-electron chi connectivity index (χ1n) is 8.98. The molecule has 150 valence electrons. The summed E-state index contributed by atoms with van der Waals surface area (Å²) in [5.41, 5.74) is 1.83. The third kappa shape index (κ3) is 4.16. The van der Waals surface area contributed by atoms with E-state index in [9.17, 15) is 9.18 Å². The lowest BCUT2D eigenvalue weighted by molar-refractivity contribution is 0.101. The van der Waals surface area contributed by atoms with Crippen molar-refractivity contribution in [2.45, 2.75) is 0 Å². The van der Waals surface area contributed by atoms with Crippen molar-refractivity contribution < 1.29 is 13.9 Å². The lowest BCUT2D eigenvalue weighted by Crippen LogP contribution is -2.14. The van der Waals surface area contributed by atoms with Crippen LogP contribution in [0, 0.1) is 5.82 Å². The minimum absolute atomic E-state index is 0.0369. The van der Waals surface area contributed by atoms with E-state index in [-0.39, 0.29) is 5.82 Å². The largest absolute Gasteiger partial charge is 0.497 e. The molecule has 6 nitrogen and oxygen atoms in total. The molecule has 0 saturated carbocycles. The molecule has 1 heterocycles. The van der Waals surface area contributed by atoms with Gasteiger partial charge in [0.1, 0.15) is 11.6 Å². The molecular weight excluding hydrogens is 407 g/mol. The first kappa shape index (κ1) is 19.6. The number of methoxy groups -OCH3 is 1. The van der Waals surface area contributed by atoms with Crippen LogP contribution >= 0.6 is 11.6 Å². The Morgan fingerprint density at radius 3 is 2.47 bits per heavy atom. The number of hydrogen-bond donors (Lipinski definition) is 1. The van der Waals surface area contributed by atoms with Gasteiger partial charge in [-0.25, -0.2) is 14.1 Å². The van der Waals surface area contributed by atoms with Crippen LogP contribution in [0.5, 0.6) is 5.75 Å². The monoisotopic (exact) mass is 422 g/mol. The van der Waals surface area contributed by atoms with Gasteiger partial charge in [0.15, 0.2) is 5.82 Å². The predicted octanol–water partition coefficient (Wildman–Crippen LogP) is 4.99. The van der Waals surface area contributed by atoms with Gasteiger partial charge in [-0.2, -0.15) is 0 Å². The van der Waals surface area contributed by atoms with E-state index >= 15 is 0 Å². The van der Waals surface area contributed by atoms with E-state index in [2.05, 4.69) is 15.4 Å². The summed E-state index contributed by atoms with van der Waals surface area (Å²) < 4.78 is 19.9. The van der Waals surface area contributed by atoms with Crippen molar-refractivity contribution in [3.05, 3.63) is 89.5 Å².